The molecular formula is C32H30IOP. The van der Waals surface area contributed by atoms with Crippen LogP contribution in [0.3, 0.4) is 0 Å². The van der Waals surface area contributed by atoms with Gasteiger partial charge in [-0.1, -0.05) is 54.6 Å². The van der Waals surface area contributed by atoms with Crippen molar-refractivity contribution in [1.29, 1.82) is 0 Å². The Morgan fingerprint density at radius 1 is 0.543 bits per heavy atom. The van der Waals surface area contributed by atoms with Crippen molar-refractivity contribution in [2.24, 2.45) is 65.1 Å². The van der Waals surface area contributed by atoms with Crippen molar-refractivity contribution in [3.63, 3.8) is 0 Å². The molecule has 0 aromatic heterocycles. The first-order valence-electron chi connectivity index (χ1n) is 13.6. The Kier molecular flexibility index (Phi) is 3.93. The molecule has 8 saturated carbocycles. The van der Waals surface area contributed by atoms with Gasteiger partial charge in [-0.05, 0) is 114 Å². The summed E-state index contributed by atoms with van der Waals surface area (Å²) >= 11 is 0. The molecule has 8 fully saturated rings. The van der Waals surface area contributed by atoms with E-state index in [0.717, 1.165) is 65.1 Å². The summed E-state index contributed by atoms with van der Waals surface area (Å²) in [6.07, 6.45) is 3.03. The van der Waals surface area contributed by atoms with Crippen LogP contribution in [0.1, 0.15) is 12.8 Å². The van der Waals surface area contributed by atoms with Crippen molar-refractivity contribution in [1.82, 2.24) is 0 Å². The number of halogens is 1. The van der Waals surface area contributed by atoms with Crippen molar-refractivity contribution in [2.75, 3.05) is 0 Å². The van der Waals surface area contributed by atoms with Gasteiger partial charge in [0.1, 0.15) is 21.5 Å². The molecular weight excluding hydrogens is 558 g/mol. The van der Waals surface area contributed by atoms with E-state index in [1.807, 2.05) is 0 Å². The van der Waals surface area contributed by atoms with Gasteiger partial charge in [0.05, 0.1) is 0 Å². The Balaban J connectivity index is 0.00000185. The highest BCUT2D eigenvalue weighted by Crippen LogP contribution is 2.95. The van der Waals surface area contributed by atoms with Gasteiger partial charge < -0.3 is 24.0 Å². The number of hydrogen-bond acceptors (Lipinski definition) is 1. The molecule has 0 spiro atoms. The summed E-state index contributed by atoms with van der Waals surface area (Å²) < 4.78 is 8.26. The average Bonchev–Trinajstić information content (AvgIpc) is 3.70. The first kappa shape index (κ1) is 20.8. The van der Waals surface area contributed by atoms with Gasteiger partial charge in [-0.3, -0.25) is 0 Å². The zero-order chi connectivity index (χ0) is 21.8. The summed E-state index contributed by atoms with van der Waals surface area (Å²) in [4.78, 5) is 0. The van der Waals surface area contributed by atoms with Gasteiger partial charge >= 0.3 is 0 Å². The predicted octanol–water partition coefficient (Wildman–Crippen LogP) is 2.31. The summed E-state index contributed by atoms with van der Waals surface area (Å²) in [5.74, 6) is 10.8. The Hall–Kier alpha value is -1.22. The molecule has 8 aliphatic rings. The molecule has 0 saturated heterocycles. The second-order valence-electron chi connectivity index (χ2n) is 12.6. The quantitative estimate of drug-likeness (QED) is 0.329. The minimum atomic E-state index is -2.25. The van der Waals surface area contributed by atoms with E-state index in [2.05, 4.69) is 91.0 Å². The number of benzene rings is 3. The van der Waals surface area contributed by atoms with Crippen molar-refractivity contribution in [3.05, 3.63) is 91.0 Å². The molecule has 0 heterocycles. The number of rotatable bonds is 5. The lowest BCUT2D eigenvalue weighted by Crippen LogP contribution is -3.00. The molecule has 3 aromatic carbocycles. The molecule has 0 radical (unpaired) electrons. The van der Waals surface area contributed by atoms with Crippen LogP contribution in [-0.4, -0.2) is 5.60 Å². The lowest BCUT2D eigenvalue weighted by molar-refractivity contribution is -0.0200. The van der Waals surface area contributed by atoms with Crippen LogP contribution in [0.4, 0.5) is 0 Å². The van der Waals surface area contributed by atoms with E-state index < -0.39 is 7.49 Å². The topological polar surface area (TPSA) is 9.23 Å². The van der Waals surface area contributed by atoms with Gasteiger partial charge in [0.15, 0.2) is 0 Å². The van der Waals surface area contributed by atoms with E-state index in [1.165, 1.54) is 22.3 Å². The zero-order valence-corrected chi connectivity index (χ0v) is 22.7. The summed E-state index contributed by atoms with van der Waals surface area (Å²) in [6.45, 7) is 0. The standard InChI is InChI=1S/C32H30OP.HI/c1-4-10-18(11-5-1)34(19-12-6-2-7-13-19,20-14-8-3-9-15-20)33-32-24-17-23-26-25-21-16-22(28(25)31(23)32)30(32)27(21)29(24)26;/h1-15,21-31H,16-17H2;1H/q+1;/p-1/t21-,22-,23-,24+,25+,26+,27-,28+,29+,30-,31-,32-;/m0./s1. The zero-order valence-electron chi connectivity index (χ0n) is 19.7. The fourth-order valence-corrected chi connectivity index (χ4v) is 16.3. The van der Waals surface area contributed by atoms with Gasteiger partial charge in [0.25, 0.3) is 0 Å². The minimum absolute atomic E-state index is 0. The molecule has 3 aromatic rings. The van der Waals surface area contributed by atoms with Crippen molar-refractivity contribution in [3.8, 4) is 0 Å². The fourth-order valence-electron chi connectivity index (χ4n) is 12.4. The van der Waals surface area contributed by atoms with Crippen LogP contribution in [0.15, 0.2) is 91.0 Å². The molecule has 176 valence electrons. The lowest BCUT2D eigenvalue weighted by Gasteiger charge is -2.42. The first-order valence-corrected chi connectivity index (χ1v) is 15.3. The Morgan fingerprint density at radius 3 is 1.54 bits per heavy atom. The second-order valence-corrected chi connectivity index (χ2v) is 15.5. The molecule has 3 heteroatoms. The first-order chi connectivity index (χ1) is 16.9. The highest BCUT2D eigenvalue weighted by Gasteiger charge is 2.95. The van der Waals surface area contributed by atoms with Crippen LogP contribution in [0.5, 0.6) is 0 Å². The van der Waals surface area contributed by atoms with Crippen LogP contribution in [0, 0.1) is 65.1 Å². The highest BCUT2D eigenvalue weighted by molar-refractivity contribution is 7.91. The van der Waals surface area contributed by atoms with Crippen LogP contribution in [-0.2, 0) is 4.52 Å². The Labute approximate surface area is 225 Å². The van der Waals surface area contributed by atoms with E-state index in [9.17, 15) is 0 Å². The molecule has 0 unspecified atom stereocenters. The van der Waals surface area contributed by atoms with E-state index in [1.54, 1.807) is 6.42 Å². The summed E-state index contributed by atoms with van der Waals surface area (Å²) in [5, 5.41) is 4.21. The van der Waals surface area contributed by atoms with Crippen LogP contribution >= 0.6 is 7.49 Å². The Bertz CT molecular complexity index is 1220. The third-order valence-corrected chi connectivity index (χ3v) is 16.0. The number of hydrogen-bond donors (Lipinski definition) is 0. The maximum absolute atomic E-state index is 8.26. The monoisotopic (exact) mass is 588 g/mol. The molecule has 1 nitrogen and oxygen atoms in total. The molecule has 4 bridgehead atoms. The molecule has 0 N–H and O–H groups in total. The van der Waals surface area contributed by atoms with E-state index in [4.69, 9.17) is 4.52 Å². The Morgan fingerprint density at radius 2 is 1.00 bits per heavy atom. The SMILES string of the molecule is [I-].c1ccc([P+](O[C@@]23[C@H]4[C@H]5C[C@@H]2[C@@H]2[C@H]5[C@H]5[C@@H]6C[C@@H]([C@H]54)[C@H]3[C@@H]62)(c2ccccc2)c2ccccc2)cc1. The third-order valence-electron chi connectivity index (χ3n) is 12.3. The smallest absolute Gasteiger partial charge is 0.243 e. The summed E-state index contributed by atoms with van der Waals surface area (Å²) in [6, 6.07) is 34.1. The minimum Gasteiger partial charge on any atom is -1.00 e. The molecule has 11 rings (SSSR count). The van der Waals surface area contributed by atoms with Gasteiger partial charge in [0.2, 0.25) is 7.49 Å². The maximum Gasteiger partial charge on any atom is 0.243 e. The molecule has 12 atom stereocenters. The highest BCUT2D eigenvalue weighted by atomic mass is 127. The largest absolute Gasteiger partial charge is 1.00 e. The molecule has 0 aliphatic heterocycles. The van der Waals surface area contributed by atoms with Crippen molar-refractivity contribution < 1.29 is 28.5 Å². The lowest BCUT2D eigenvalue weighted by atomic mass is 9.76. The fraction of sp³-hybridized carbons (Fsp3) is 0.438. The van der Waals surface area contributed by atoms with E-state index in [-0.39, 0.29) is 29.6 Å². The van der Waals surface area contributed by atoms with Gasteiger partial charge in [-0.15, -0.1) is 0 Å². The third kappa shape index (κ3) is 1.99. The molecule has 8 aliphatic carbocycles. The summed E-state index contributed by atoms with van der Waals surface area (Å²) in [5.41, 5.74) is 0.140. The van der Waals surface area contributed by atoms with Crippen molar-refractivity contribution >= 4 is 23.4 Å². The van der Waals surface area contributed by atoms with Crippen LogP contribution < -0.4 is 39.9 Å². The van der Waals surface area contributed by atoms with Gasteiger partial charge in [0, 0.05) is 0 Å². The second kappa shape index (κ2) is 6.61. The maximum atomic E-state index is 8.26. The molecule has 35 heavy (non-hydrogen) atoms. The predicted molar refractivity (Wildman–Crippen MR) is 137 cm³/mol. The van der Waals surface area contributed by atoms with E-state index >= 15 is 0 Å². The normalized spacial score (nSPS) is 47.5. The van der Waals surface area contributed by atoms with Crippen molar-refractivity contribution in [2.45, 2.75) is 18.4 Å². The average molecular weight is 588 g/mol. The summed E-state index contributed by atoms with van der Waals surface area (Å²) in [7, 11) is -2.25. The van der Waals surface area contributed by atoms with Crippen LogP contribution in [0.2, 0.25) is 0 Å². The molecule has 0 amide bonds. The van der Waals surface area contributed by atoms with Crippen LogP contribution in [0.25, 0.3) is 0 Å². The van der Waals surface area contributed by atoms with Gasteiger partial charge in [-0.2, -0.15) is 0 Å². The van der Waals surface area contributed by atoms with E-state index in [0.29, 0.717) is 0 Å². The van der Waals surface area contributed by atoms with Gasteiger partial charge in [-0.25, -0.2) is 4.52 Å².